The van der Waals surface area contributed by atoms with Gasteiger partial charge >= 0.3 is 65.1 Å². The fourth-order valence-corrected chi connectivity index (χ4v) is 0.249. The molecule has 0 aromatic heterocycles. The molecule has 2 nitrogen and oxygen atoms in total. The first-order chi connectivity index (χ1) is 3.77. The summed E-state index contributed by atoms with van der Waals surface area (Å²) in [5.74, 6) is -0.914. The van der Waals surface area contributed by atoms with Gasteiger partial charge in [-0.05, 0) is 6.92 Å². The summed E-state index contributed by atoms with van der Waals surface area (Å²) in [5, 5.41) is 8.02. The standard InChI is InChI=1S/C6H8O2.2Na.2H/c1-2-3-4-5-6(7)8;;;;/h2-5H,1H3,(H,7,8);;;;. The van der Waals surface area contributed by atoms with Crippen LogP contribution in [-0.4, -0.2) is 70.2 Å². The zero-order valence-electron chi connectivity index (χ0n) is 4.66. The molecule has 0 aliphatic rings. The Kier molecular flexibility index (Phi) is 21.6. The van der Waals surface area contributed by atoms with E-state index >= 15 is 0 Å². The summed E-state index contributed by atoms with van der Waals surface area (Å²) in [5.41, 5.74) is 0. The first-order valence-electron chi connectivity index (χ1n) is 2.29. The molecule has 0 aromatic carbocycles. The van der Waals surface area contributed by atoms with E-state index in [0.717, 1.165) is 6.08 Å². The van der Waals surface area contributed by atoms with Crippen molar-refractivity contribution in [2.45, 2.75) is 6.92 Å². The predicted molar refractivity (Wildman–Crippen MR) is 45.9 cm³/mol. The molecule has 0 fully saturated rings. The normalized spacial score (nSPS) is 8.90. The van der Waals surface area contributed by atoms with Crippen LogP contribution in [0.2, 0.25) is 0 Å². The molecular weight excluding hydrogens is 150 g/mol. The molecule has 0 bridgehead atoms. The maximum atomic E-state index is 9.75. The van der Waals surface area contributed by atoms with E-state index in [1.165, 1.54) is 6.08 Å². The molecule has 0 aliphatic carbocycles. The van der Waals surface area contributed by atoms with Crippen molar-refractivity contribution in [3.63, 3.8) is 0 Å². The number of carboxylic acid groups (broad SMARTS) is 1. The van der Waals surface area contributed by atoms with Crippen LogP contribution in [0.15, 0.2) is 24.3 Å². The van der Waals surface area contributed by atoms with Gasteiger partial charge in [0.25, 0.3) is 0 Å². The van der Waals surface area contributed by atoms with E-state index in [1.54, 1.807) is 12.2 Å². The summed E-state index contributed by atoms with van der Waals surface area (Å²) in [6.45, 7) is 1.83. The Hall–Kier alpha value is 0.950. The van der Waals surface area contributed by atoms with Crippen molar-refractivity contribution in [1.29, 1.82) is 0 Å². The predicted octanol–water partition coefficient (Wildman–Crippen LogP) is -0.0937. The minimum absolute atomic E-state index is 0. The second-order valence-electron chi connectivity index (χ2n) is 1.22. The summed E-state index contributed by atoms with van der Waals surface area (Å²) < 4.78 is 0. The van der Waals surface area contributed by atoms with Gasteiger partial charge in [0, 0.05) is 6.08 Å². The van der Waals surface area contributed by atoms with E-state index in [4.69, 9.17) is 5.11 Å². The second kappa shape index (κ2) is 12.6. The number of rotatable bonds is 2. The monoisotopic (exact) mass is 160 g/mol. The molecule has 48 valence electrons. The van der Waals surface area contributed by atoms with Gasteiger partial charge in [-0.3, -0.25) is 0 Å². The first kappa shape index (κ1) is 17.2. The molecule has 0 aliphatic heterocycles. The zero-order chi connectivity index (χ0) is 6.41. The van der Waals surface area contributed by atoms with E-state index < -0.39 is 5.97 Å². The Morgan fingerprint density at radius 1 is 1.30 bits per heavy atom. The van der Waals surface area contributed by atoms with Crippen molar-refractivity contribution in [1.82, 2.24) is 0 Å². The summed E-state index contributed by atoms with van der Waals surface area (Å²) in [4.78, 5) is 9.75. The number of aliphatic carboxylic acids is 1. The Balaban J connectivity index is -0.000000245. The fourth-order valence-electron chi connectivity index (χ4n) is 0.249. The van der Waals surface area contributed by atoms with Gasteiger partial charge in [-0.25, -0.2) is 4.79 Å². The molecule has 0 amide bonds. The molecule has 0 saturated heterocycles. The van der Waals surface area contributed by atoms with Gasteiger partial charge in [-0.2, -0.15) is 0 Å². The van der Waals surface area contributed by atoms with Crippen LogP contribution in [0, 0.1) is 0 Å². The van der Waals surface area contributed by atoms with Crippen molar-refractivity contribution in [2.24, 2.45) is 0 Å². The van der Waals surface area contributed by atoms with Gasteiger partial charge in [0.15, 0.2) is 0 Å². The van der Waals surface area contributed by atoms with E-state index in [2.05, 4.69) is 0 Å². The maximum absolute atomic E-state index is 9.75. The number of allylic oxidation sites excluding steroid dienone is 3. The van der Waals surface area contributed by atoms with Crippen molar-refractivity contribution >= 4 is 65.1 Å². The fraction of sp³-hybridized carbons (Fsp3) is 0.167. The van der Waals surface area contributed by atoms with Crippen molar-refractivity contribution < 1.29 is 9.90 Å². The number of hydrogen-bond acceptors (Lipinski definition) is 1. The average molecular weight is 160 g/mol. The van der Waals surface area contributed by atoms with Crippen molar-refractivity contribution in [3.8, 4) is 0 Å². The summed E-state index contributed by atoms with van der Waals surface area (Å²) in [6.07, 6.45) is 5.98. The van der Waals surface area contributed by atoms with Gasteiger partial charge in [-0.15, -0.1) is 0 Å². The van der Waals surface area contributed by atoms with Crippen LogP contribution in [0.1, 0.15) is 6.92 Å². The Morgan fingerprint density at radius 3 is 2.10 bits per heavy atom. The molecule has 4 heteroatoms. The SMILES string of the molecule is CC=CC=CC(=O)O.[NaH].[NaH]. The van der Waals surface area contributed by atoms with Crippen molar-refractivity contribution in [3.05, 3.63) is 24.3 Å². The third kappa shape index (κ3) is 16.0. The van der Waals surface area contributed by atoms with Crippen LogP contribution in [0.5, 0.6) is 0 Å². The summed E-state index contributed by atoms with van der Waals surface area (Å²) in [6, 6.07) is 0. The second-order valence-corrected chi connectivity index (χ2v) is 1.22. The van der Waals surface area contributed by atoms with E-state index in [1.807, 2.05) is 6.92 Å². The van der Waals surface area contributed by atoms with Gasteiger partial charge in [-0.1, -0.05) is 18.2 Å². The molecule has 0 unspecified atom stereocenters. The van der Waals surface area contributed by atoms with Crippen LogP contribution < -0.4 is 0 Å². The Bertz CT molecular complexity index is 130. The molecule has 0 aromatic rings. The topological polar surface area (TPSA) is 37.3 Å². The third-order valence-corrected chi connectivity index (χ3v) is 0.542. The first-order valence-corrected chi connectivity index (χ1v) is 2.29. The summed E-state index contributed by atoms with van der Waals surface area (Å²) >= 11 is 0. The molecule has 0 saturated carbocycles. The number of carboxylic acids is 1. The number of carbonyl (C=O) groups is 1. The molecule has 0 radical (unpaired) electrons. The quantitative estimate of drug-likeness (QED) is 0.348. The minimum atomic E-state index is -0.914. The average Bonchev–Trinajstić information content (AvgIpc) is 1.66. The van der Waals surface area contributed by atoms with Crippen LogP contribution in [-0.2, 0) is 4.79 Å². The van der Waals surface area contributed by atoms with Crippen molar-refractivity contribution in [2.75, 3.05) is 0 Å². The van der Waals surface area contributed by atoms with Crippen LogP contribution in [0.4, 0.5) is 0 Å². The number of hydrogen-bond donors (Lipinski definition) is 1. The van der Waals surface area contributed by atoms with Gasteiger partial charge in [0.05, 0.1) is 0 Å². The molecule has 10 heavy (non-hydrogen) atoms. The van der Waals surface area contributed by atoms with Crippen LogP contribution >= 0.6 is 0 Å². The van der Waals surface area contributed by atoms with Gasteiger partial charge < -0.3 is 5.11 Å². The molecule has 0 spiro atoms. The zero-order valence-corrected chi connectivity index (χ0v) is 4.66. The molecule has 0 atom stereocenters. The third-order valence-electron chi connectivity index (χ3n) is 0.542. The van der Waals surface area contributed by atoms with E-state index in [-0.39, 0.29) is 59.1 Å². The van der Waals surface area contributed by atoms with E-state index in [9.17, 15) is 4.79 Å². The Morgan fingerprint density at radius 2 is 1.80 bits per heavy atom. The van der Waals surface area contributed by atoms with E-state index in [0.29, 0.717) is 0 Å². The Labute approximate surface area is 105 Å². The molecule has 0 heterocycles. The summed E-state index contributed by atoms with van der Waals surface area (Å²) in [7, 11) is 0. The van der Waals surface area contributed by atoms with Crippen LogP contribution in [0.25, 0.3) is 0 Å². The molecule has 1 N–H and O–H groups in total. The molecular formula is C6H10Na2O2. The van der Waals surface area contributed by atoms with Gasteiger partial charge in [0.2, 0.25) is 0 Å². The van der Waals surface area contributed by atoms with Gasteiger partial charge in [0.1, 0.15) is 0 Å². The molecule has 0 rings (SSSR count). The van der Waals surface area contributed by atoms with Crippen LogP contribution in [0.3, 0.4) is 0 Å².